The van der Waals surface area contributed by atoms with E-state index in [4.69, 9.17) is 14.2 Å². The molecule has 0 unspecified atom stereocenters. The highest BCUT2D eigenvalue weighted by molar-refractivity contribution is 7.17. The van der Waals surface area contributed by atoms with Gasteiger partial charge in [-0.1, -0.05) is 6.07 Å². The summed E-state index contributed by atoms with van der Waals surface area (Å²) in [4.78, 5) is 31.3. The topological polar surface area (TPSA) is 79.1 Å². The fourth-order valence-electron chi connectivity index (χ4n) is 3.79. The van der Waals surface area contributed by atoms with E-state index in [2.05, 4.69) is 4.98 Å². The summed E-state index contributed by atoms with van der Waals surface area (Å²) in [6, 6.07) is 6.88. The molecule has 0 saturated heterocycles. The van der Waals surface area contributed by atoms with E-state index in [0.29, 0.717) is 35.4 Å². The van der Waals surface area contributed by atoms with Crippen LogP contribution in [-0.4, -0.2) is 28.6 Å². The summed E-state index contributed by atoms with van der Waals surface area (Å²) < 4.78 is 18.1. The molecule has 3 heterocycles. The molecule has 2 aliphatic rings. The second kappa shape index (κ2) is 7.51. The van der Waals surface area contributed by atoms with Crippen molar-refractivity contribution in [3.8, 4) is 11.5 Å². The molecule has 0 saturated carbocycles. The van der Waals surface area contributed by atoms with Crippen molar-refractivity contribution in [2.75, 3.05) is 13.2 Å². The highest BCUT2D eigenvalue weighted by Gasteiger charge is 2.19. The lowest BCUT2D eigenvalue weighted by atomic mass is 10.0. The van der Waals surface area contributed by atoms with Gasteiger partial charge in [0.25, 0.3) is 5.56 Å². The molecule has 8 heteroatoms. The highest BCUT2D eigenvalue weighted by atomic mass is 32.1. The molecule has 0 radical (unpaired) electrons. The highest BCUT2D eigenvalue weighted by Crippen LogP contribution is 2.31. The van der Waals surface area contributed by atoms with Crippen molar-refractivity contribution in [3.05, 3.63) is 56.4 Å². The summed E-state index contributed by atoms with van der Waals surface area (Å²) in [5.41, 5.74) is 2.25. The molecular formula is C21H20N2O5S. The van der Waals surface area contributed by atoms with Crippen LogP contribution in [0.1, 0.15) is 34.7 Å². The van der Waals surface area contributed by atoms with Gasteiger partial charge in [-0.3, -0.25) is 14.0 Å². The fourth-order valence-corrected chi connectivity index (χ4v) is 5.02. The van der Waals surface area contributed by atoms with Gasteiger partial charge in [0.15, 0.2) is 16.5 Å². The first-order chi connectivity index (χ1) is 14.2. The number of aryl methyl sites for hydroxylation is 2. The number of nitrogens with zero attached hydrogens (tertiary/aromatic N) is 2. The van der Waals surface area contributed by atoms with E-state index in [1.165, 1.54) is 10.9 Å². The second-order valence-corrected chi connectivity index (χ2v) is 8.26. The number of thiazole rings is 1. The van der Waals surface area contributed by atoms with Gasteiger partial charge in [0, 0.05) is 16.6 Å². The summed E-state index contributed by atoms with van der Waals surface area (Å²) >= 11 is 1.56. The summed E-state index contributed by atoms with van der Waals surface area (Å²) in [6.45, 7) is 1.01. The maximum absolute atomic E-state index is 12.6. The van der Waals surface area contributed by atoms with Crippen molar-refractivity contribution < 1.29 is 19.0 Å². The minimum atomic E-state index is -0.380. The van der Waals surface area contributed by atoms with E-state index in [1.807, 2.05) is 6.07 Å². The molecule has 29 heavy (non-hydrogen) atoms. The SMILES string of the molecule is O=C(Cc1ccc2c(c1)OCCO2)OCc1cc(=O)n2c3c(sc2n1)CCCC3. The van der Waals surface area contributed by atoms with Crippen LogP contribution in [0.3, 0.4) is 0 Å². The zero-order valence-electron chi connectivity index (χ0n) is 15.8. The summed E-state index contributed by atoms with van der Waals surface area (Å²) in [7, 11) is 0. The van der Waals surface area contributed by atoms with Crippen molar-refractivity contribution in [1.82, 2.24) is 9.38 Å². The normalized spacial score (nSPS) is 15.2. The predicted molar refractivity (Wildman–Crippen MR) is 107 cm³/mol. The van der Waals surface area contributed by atoms with Crippen molar-refractivity contribution >= 4 is 22.3 Å². The molecule has 0 bridgehead atoms. The molecule has 5 rings (SSSR count). The van der Waals surface area contributed by atoms with E-state index in [-0.39, 0.29) is 24.6 Å². The average molecular weight is 412 g/mol. The van der Waals surface area contributed by atoms with Gasteiger partial charge in [-0.05, 0) is 43.4 Å². The van der Waals surface area contributed by atoms with Gasteiger partial charge >= 0.3 is 5.97 Å². The predicted octanol–water partition coefficient (Wildman–Crippen LogP) is 2.69. The molecule has 0 amide bonds. The quantitative estimate of drug-likeness (QED) is 0.613. The van der Waals surface area contributed by atoms with Gasteiger partial charge in [0.1, 0.15) is 19.8 Å². The van der Waals surface area contributed by atoms with Gasteiger partial charge in [-0.15, -0.1) is 11.3 Å². The van der Waals surface area contributed by atoms with Crippen molar-refractivity contribution in [3.63, 3.8) is 0 Å². The standard InChI is InChI=1S/C21H20N2O5S/c24-19-11-14(22-21-23(19)15-3-1-2-4-18(15)29-21)12-28-20(25)10-13-5-6-16-17(9-13)27-8-7-26-16/h5-6,9,11H,1-4,7-8,10,12H2. The Balaban J connectivity index is 1.28. The van der Waals surface area contributed by atoms with Crippen LogP contribution in [0, 0.1) is 0 Å². The molecule has 0 spiro atoms. The molecule has 1 aliphatic carbocycles. The molecule has 0 atom stereocenters. The van der Waals surface area contributed by atoms with E-state index in [1.54, 1.807) is 27.9 Å². The zero-order valence-corrected chi connectivity index (χ0v) is 16.6. The smallest absolute Gasteiger partial charge is 0.310 e. The molecule has 0 N–H and O–H groups in total. The van der Waals surface area contributed by atoms with Crippen LogP contribution < -0.4 is 15.0 Å². The number of carbonyl (C=O) groups excluding carboxylic acids is 1. The van der Waals surface area contributed by atoms with Gasteiger partial charge in [0.2, 0.25) is 0 Å². The van der Waals surface area contributed by atoms with Crippen LogP contribution in [0.15, 0.2) is 29.1 Å². The maximum Gasteiger partial charge on any atom is 0.310 e. The Morgan fingerprint density at radius 3 is 2.86 bits per heavy atom. The number of ether oxygens (including phenoxy) is 3. The lowest BCUT2D eigenvalue weighted by Crippen LogP contribution is -2.19. The van der Waals surface area contributed by atoms with E-state index in [0.717, 1.165) is 36.9 Å². The summed E-state index contributed by atoms with van der Waals surface area (Å²) in [5.74, 6) is 0.947. The third kappa shape index (κ3) is 3.60. The summed E-state index contributed by atoms with van der Waals surface area (Å²) in [5, 5.41) is 0. The van der Waals surface area contributed by atoms with Crippen molar-refractivity contribution in [1.29, 1.82) is 0 Å². The third-order valence-electron chi connectivity index (χ3n) is 5.15. The monoisotopic (exact) mass is 412 g/mol. The number of rotatable bonds is 4. The Morgan fingerprint density at radius 1 is 1.14 bits per heavy atom. The van der Waals surface area contributed by atoms with Crippen molar-refractivity contribution in [2.24, 2.45) is 0 Å². The van der Waals surface area contributed by atoms with Crippen LogP contribution in [-0.2, 0) is 35.4 Å². The Bertz CT molecular complexity index is 1150. The zero-order chi connectivity index (χ0) is 19.8. The molecule has 1 aliphatic heterocycles. The number of fused-ring (bicyclic) bond motifs is 4. The third-order valence-corrected chi connectivity index (χ3v) is 6.29. The van der Waals surface area contributed by atoms with Gasteiger partial charge < -0.3 is 14.2 Å². The second-order valence-electron chi connectivity index (χ2n) is 7.20. The number of carbonyl (C=O) groups is 1. The van der Waals surface area contributed by atoms with Crippen LogP contribution in [0.5, 0.6) is 11.5 Å². The van der Waals surface area contributed by atoms with Crippen LogP contribution in [0.25, 0.3) is 4.96 Å². The van der Waals surface area contributed by atoms with Gasteiger partial charge in [-0.25, -0.2) is 4.98 Å². The first-order valence-electron chi connectivity index (χ1n) is 9.75. The van der Waals surface area contributed by atoms with Crippen molar-refractivity contribution in [2.45, 2.75) is 38.7 Å². The largest absolute Gasteiger partial charge is 0.486 e. The Labute approximate surface area is 170 Å². The number of esters is 1. The lowest BCUT2D eigenvalue weighted by Gasteiger charge is -2.18. The fraction of sp³-hybridized carbons (Fsp3) is 0.381. The van der Waals surface area contributed by atoms with Crippen LogP contribution in [0.2, 0.25) is 0 Å². The molecule has 1 aromatic carbocycles. The maximum atomic E-state index is 12.6. The first-order valence-corrected chi connectivity index (χ1v) is 10.6. The molecular weight excluding hydrogens is 392 g/mol. The summed E-state index contributed by atoms with van der Waals surface area (Å²) in [6.07, 6.45) is 4.29. The van der Waals surface area contributed by atoms with Gasteiger partial charge in [-0.2, -0.15) is 0 Å². The minimum Gasteiger partial charge on any atom is -0.486 e. The van der Waals surface area contributed by atoms with E-state index >= 15 is 0 Å². The van der Waals surface area contributed by atoms with Crippen LogP contribution >= 0.6 is 11.3 Å². The number of hydrogen-bond donors (Lipinski definition) is 0. The Hall–Kier alpha value is -2.87. The minimum absolute atomic E-state index is 0.0162. The number of benzene rings is 1. The molecule has 3 aromatic rings. The lowest BCUT2D eigenvalue weighted by molar-refractivity contribution is -0.144. The first kappa shape index (κ1) is 18.2. The van der Waals surface area contributed by atoms with E-state index < -0.39 is 0 Å². The Kier molecular flexibility index (Phi) is 4.71. The number of hydrogen-bond acceptors (Lipinski definition) is 7. The molecule has 2 aromatic heterocycles. The molecule has 150 valence electrons. The van der Waals surface area contributed by atoms with Gasteiger partial charge in [0.05, 0.1) is 12.1 Å². The number of aromatic nitrogens is 2. The average Bonchev–Trinajstić information content (AvgIpc) is 3.11. The molecule has 7 nitrogen and oxygen atoms in total. The van der Waals surface area contributed by atoms with E-state index in [9.17, 15) is 9.59 Å². The van der Waals surface area contributed by atoms with Crippen LogP contribution in [0.4, 0.5) is 0 Å². The Morgan fingerprint density at radius 2 is 1.97 bits per heavy atom. The molecule has 0 fully saturated rings.